The number of hydrogen-bond donors (Lipinski definition) is 1. The Bertz CT molecular complexity index is 853. The van der Waals surface area contributed by atoms with Gasteiger partial charge in [-0.2, -0.15) is 0 Å². The third-order valence-electron chi connectivity index (χ3n) is 5.09. The number of benzene rings is 2. The van der Waals surface area contributed by atoms with E-state index in [0.717, 1.165) is 5.56 Å². The zero-order chi connectivity index (χ0) is 18.8. The predicted octanol–water partition coefficient (Wildman–Crippen LogP) is 3.01. The molecule has 0 saturated carbocycles. The van der Waals surface area contributed by atoms with E-state index in [-0.39, 0.29) is 30.2 Å². The van der Waals surface area contributed by atoms with Crippen LogP contribution in [-0.4, -0.2) is 36.5 Å². The lowest BCUT2D eigenvalue weighted by Gasteiger charge is -2.25. The van der Waals surface area contributed by atoms with Gasteiger partial charge in [0.05, 0.1) is 12.0 Å². The fraction of sp³-hybridized carbons (Fsp3) is 0.333. The van der Waals surface area contributed by atoms with Crippen molar-refractivity contribution < 1.29 is 19.1 Å². The zero-order valence-corrected chi connectivity index (χ0v) is 15.2. The third-order valence-corrected chi connectivity index (χ3v) is 5.09. The standard InChI is InChI=1S/C21H22N2O4/c1-14(15-5-3-2-4-6-15)23-13-16(11-20(23)24)21(25)22-17-7-8-18-19(12-17)27-10-9-26-18/h2-8,12,14,16H,9-11,13H2,1H3,(H,22,25). The van der Waals surface area contributed by atoms with Crippen LogP contribution in [0.5, 0.6) is 11.5 Å². The van der Waals surface area contributed by atoms with Gasteiger partial charge in [-0.1, -0.05) is 30.3 Å². The molecular weight excluding hydrogens is 344 g/mol. The molecule has 27 heavy (non-hydrogen) atoms. The van der Waals surface area contributed by atoms with Crippen LogP contribution in [0, 0.1) is 5.92 Å². The van der Waals surface area contributed by atoms with E-state index in [0.29, 0.717) is 36.9 Å². The maximum atomic E-state index is 12.7. The van der Waals surface area contributed by atoms with Crippen LogP contribution in [0.25, 0.3) is 0 Å². The van der Waals surface area contributed by atoms with Crippen molar-refractivity contribution in [2.24, 2.45) is 5.92 Å². The lowest BCUT2D eigenvalue weighted by atomic mass is 10.1. The molecule has 2 aromatic carbocycles. The Morgan fingerprint density at radius 2 is 1.85 bits per heavy atom. The van der Waals surface area contributed by atoms with Crippen LogP contribution >= 0.6 is 0 Å². The SMILES string of the molecule is CC(c1ccccc1)N1CC(C(=O)Nc2ccc3c(c2)OCCO3)CC1=O. The average molecular weight is 366 g/mol. The minimum absolute atomic E-state index is 0.00803. The van der Waals surface area contributed by atoms with E-state index in [4.69, 9.17) is 9.47 Å². The lowest BCUT2D eigenvalue weighted by molar-refractivity contribution is -0.129. The second kappa shape index (κ2) is 7.31. The summed E-state index contributed by atoms with van der Waals surface area (Å²) in [6.07, 6.45) is 0.230. The quantitative estimate of drug-likeness (QED) is 0.903. The van der Waals surface area contributed by atoms with Gasteiger partial charge >= 0.3 is 0 Å². The molecule has 140 valence electrons. The van der Waals surface area contributed by atoms with E-state index in [1.165, 1.54) is 0 Å². The van der Waals surface area contributed by atoms with Gasteiger partial charge in [0.2, 0.25) is 11.8 Å². The first-order valence-electron chi connectivity index (χ1n) is 9.17. The topological polar surface area (TPSA) is 67.9 Å². The fourth-order valence-corrected chi connectivity index (χ4v) is 3.56. The van der Waals surface area contributed by atoms with E-state index in [1.54, 1.807) is 23.1 Å². The van der Waals surface area contributed by atoms with Gasteiger partial charge in [-0.3, -0.25) is 9.59 Å². The molecule has 0 spiro atoms. The zero-order valence-electron chi connectivity index (χ0n) is 15.2. The molecule has 1 fully saturated rings. The van der Waals surface area contributed by atoms with Gasteiger partial charge in [0, 0.05) is 24.7 Å². The van der Waals surface area contributed by atoms with E-state index < -0.39 is 0 Å². The van der Waals surface area contributed by atoms with Gasteiger partial charge in [0.25, 0.3) is 0 Å². The third kappa shape index (κ3) is 3.60. The number of likely N-dealkylation sites (tertiary alicyclic amines) is 1. The Hall–Kier alpha value is -3.02. The van der Waals surface area contributed by atoms with E-state index >= 15 is 0 Å². The number of hydrogen-bond acceptors (Lipinski definition) is 4. The Labute approximate surface area is 158 Å². The summed E-state index contributed by atoms with van der Waals surface area (Å²) < 4.78 is 11.0. The van der Waals surface area contributed by atoms with E-state index in [9.17, 15) is 9.59 Å². The molecule has 2 aliphatic rings. The molecule has 2 atom stereocenters. The first-order chi connectivity index (χ1) is 13.1. The lowest BCUT2D eigenvalue weighted by Crippen LogP contribution is -2.30. The van der Waals surface area contributed by atoms with Crippen LogP contribution in [0.2, 0.25) is 0 Å². The minimum atomic E-state index is -0.364. The van der Waals surface area contributed by atoms with Crippen molar-refractivity contribution in [2.45, 2.75) is 19.4 Å². The molecular formula is C21H22N2O4. The summed E-state index contributed by atoms with van der Waals surface area (Å²) in [5.41, 5.74) is 1.71. The molecule has 6 nitrogen and oxygen atoms in total. The maximum absolute atomic E-state index is 12.7. The molecule has 1 N–H and O–H groups in total. The minimum Gasteiger partial charge on any atom is -0.486 e. The highest BCUT2D eigenvalue weighted by Gasteiger charge is 2.37. The number of nitrogens with one attached hydrogen (secondary N) is 1. The molecule has 6 heteroatoms. The molecule has 1 saturated heterocycles. The van der Waals surface area contributed by atoms with Crippen LogP contribution in [0.4, 0.5) is 5.69 Å². The number of carbonyl (C=O) groups excluding carboxylic acids is 2. The average Bonchev–Trinajstić information content (AvgIpc) is 3.10. The van der Waals surface area contributed by atoms with Crippen molar-refractivity contribution >= 4 is 17.5 Å². The van der Waals surface area contributed by atoms with Crippen molar-refractivity contribution in [2.75, 3.05) is 25.1 Å². The van der Waals surface area contributed by atoms with Crippen LogP contribution in [0.3, 0.4) is 0 Å². The van der Waals surface area contributed by atoms with Crippen LogP contribution in [0.1, 0.15) is 24.9 Å². The van der Waals surface area contributed by atoms with Crippen LogP contribution < -0.4 is 14.8 Å². The Kier molecular flexibility index (Phi) is 4.71. The molecule has 2 unspecified atom stereocenters. The first kappa shape index (κ1) is 17.4. The van der Waals surface area contributed by atoms with Crippen LogP contribution in [-0.2, 0) is 9.59 Å². The predicted molar refractivity (Wildman–Crippen MR) is 101 cm³/mol. The van der Waals surface area contributed by atoms with Crippen LogP contribution in [0.15, 0.2) is 48.5 Å². The monoisotopic (exact) mass is 366 g/mol. The second-order valence-electron chi connectivity index (χ2n) is 6.88. The fourth-order valence-electron chi connectivity index (χ4n) is 3.56. The van der Waals surface area contributed by atoms with Gasteiger partial charge in [-0.25, -0.2) is 0 Å². The highest BCUT2D eigenvalue weighted by atomic mass is 16.6. The Balaban J connectivity index is 1.42. The molecule has 0 aliphatic carbocycles. The van der Waals surface area contributed by atoms with Crippen molar-refractivity contribution in [3.8, 4) is 11.5 Å². The number of amides is 2. The molecule has 2 aliphatic heterocycles. The Morgan fingerprint density at radius 1 is 1.11 bits per heavy atom. The number of ether oxygens (including phenoxy) is 2. The smallest absolute Gasteiger partial charge is 0.229 e. The van der Waals surface area contributed by atoms with E-state index in [2.05, 4.69) is 5.32 Å². The molecule has 2 aromatic rings. The van der Waals surface area contributed by atoms with Crippen molar-refractivity contribution in [1.29, 1.82) is 0 Å². The summed E-state index contributed by atoms with van der Waals surface area (Å²) >= 11 is 0. The van der Waals surface area contributed by atoms with Gasteiger partial charge in [0.15, 0.2) is 11.5 Å². The maximum Gasteiger partial charge on any atom is 0.229 e. The Morgan fingerprint density at radius 3 is 2.63 bits per heavy atom. The number of carbonyl (C=O) groups is 2. The summed E-state index contributed by atoms with van der Waals surface area (Å²) in [6.45, 7) is 3.44. The largest absolute Gasteiger partial charge is 0.486 e. The molecule has 0 aromatic heterocycles. The summed E-state index contributed by atoms with van der Waals surface area (Å²) in [5, 5.41) is 2.90. The van der Waals surface area contributed by atoms with Gasteiger partial charge in [-0.05, 0) is 24.6 Å². The summed E-state index contributed by atoms with van der Waals surface area (Å²) in [6, 6.07) is 15.1. The first-order valence-corrected chi connectivity index (χ1v) is 9.17. The molecule has 2 heterocycles. The number of anilines is 1. The van der Waals surface area contributed by atoms with Crippen molar-refractivity contribution in [3.05, 3.63) is 54.1 Å². The summed E-state index contributed by atoms with van der Waals surface area (Å²) in [4.78, 5) is 26.9. The van der Waals surface area contributed by atoms with E-state index in [1.807, 2.05) is 37.3 Å². The van der Waals surface area contributed by atoms with Gasteiger partial charge in [-0.15, -0.1) is 0 Å². The van der Waals surface area contributed by atoms with Crippen molar-refractivity contribution in [1.82, 2.24) is 4.90 Å². The van der Waals surface area contributed by atoms with Gasteiger partial charge in [0.1, 0.15) is 13.2 Å². The highest BCUT2D eigenvalue weighted by Crippen LogP contribution is 2.33. The summed E-state index contributed by atoms with van der Waals surface area (Å²) in [5.74, 6) is 0.798. The number of nitrogens with zero attached hydrogens (tertiary/aromatic N) is 1. The summed E-state index contributed by atoms with van der Waals surface area (Å²) in [7, 11) is 0. The highest BCUT2D eigenvalue weighted by molar-refractivity contribution is 5.97. The van der Waals surface area contributed by atoms with Gasteiger partial charge < -0.3 is 19.7 Å². The number of rotatable bonds is 4. The number of fused-ring (bicyclic) bond motifs is 1. The molecule has 4 rings (SSSR count). The second-order valence-corrected chi connectivity index (χ2v) is 6.88. The molecule has 0 bridgehead atoms. The molecule has 2 amide bonds. The normalized spacial score (nSPS) is 19.7. The van der Waals surface area contributed by atoms with Crippen molar-refractivity contribution in [3.63, 3.8) is 0 Å². The molecule has 0 radical (unpaired) electrons.